The van der Waals surface area contributed by atoms with E-state index in [0.717, 1.165) is 0 Å². The molecule has 1 aliphatic carbocycles. The highest BCUT2D eigenvalue weighted by Gasteiger charge is 2.26. The van der Waals surface area contributed by atoms with Gasteiger partial charge in [-0.05, 0) is 25.0 Å². The highest BCUT2D eigenvalue weighted by molar-refractivity contribution is 5.83. The van der Waals surface area contributed by atoms with Gasteiger partial charge in [0.15, 0.2) is 11.5 Å². The third kappa shape index (κ3) is 2.88. The minimum Gasteiger partial charge on any atom is -0.493 e. The van der Waals surface area contributed by atoms with Gasteiger partial charge in [-0.15, -0.1) is 0 Å². The van der Waals surface area contributed by atoms with Gasteiger partial charge < -0.3 is 9.47 Å². The molecule has 1 fully saturated rings. The smallest absolute Gasteiger partial charge is 0.314 e. The summed E-state index contributed by atoms with van der Waals surface area (Å²) in [5, 5.41) is 0. The van der Waals surface area contributed by atoms with Gasteiger partial charge in [-0.1, -0.05) is 12.1 Å². The Labute approximate surface area is 106 Å². The summed E-state index contributed by atoms with van der Waals surface area (Å²) in [6.07, 6.45) is 2.14. The van der Waals surface area contributed by atoms with Crippen LogP contribution >= 0.6 is 0 Å². The first-order valence-electron chi connectivity index (χ1n) is 6.07. The maximum atomic E-state index is 12.0. The van der Waals surface area contributed by atoms with E-state index in [-0.39, 0.29) is 17.7 Å². The van der Waals surface area contributed by atoms with Crippen LogP contribution in [0.15, 0.2) is 24.3 Å². The molecule has 18 heavy (non-hydrogen) atoms. The quantitative estimate of drug-likeness (QED) is 0.608. The molecule has 1 aromatic carbocycles. The van der Waals surface area contributed by atoms with E-state index in [2.05, 4.69) is 0 Å². The molecule has 4 heteroatoms. The van der Waals surface area contributed by atoms with Crippen LogP contribution in [0, 0.1) is 5.92 Å². The SMILES string of the molecule is COc1ccccc1OC(=O)C1CCC(=O)CC1. The summed E-state index contributed by atoms with van der Waals surface area (Å²) >= 11 is 0. The summed E-state index contributed by atoms with van der Waals surface area (Å²) in [6, 6.07) is 7.04. The second-order valence-corrected chi connectivity index (χ2v) is 4.38. The fraction of sp³-hybridized carbons (Fsp3) is 0.429. The molecular weight excluding hydrogens is 232 g/mol. The third-order valence-corrected chi connectivity index (χ3v) is 3.16. The Balaban J connectivity index is 2.00. The normalized spacial score (nSPS) is 16.4. The molecule has 0 N–H and O–H groups in total. The molecule has 0 bridgehead atoms. The average Bonchev–Trinajstić information content (AvgIpc) is 2.40. The lowest BCUT2D eigenvalue weighted by molar-refractivity contribution is -0.140. The summed E-state index contributed by atoms with van der Waals surface area (Å²) < 4.78 is 10.5. The minimum atomic E-state index is -0.271. The Morgan fingerprint density at radius 1 is 1.17 bits per heavy atom. The van der Waals surface area contributed by atoms with Crippen molar-refractivity contribution in [3.63, 3.8) is 0 Å². The van der Waals surface area contributed by atoms with Gasteiger partial charge in [-0.2, -0.15) is 0 Å². The first kappa shape index (κ1) is 12.6. The molecule has 0 atom stereocenters. The standard InChI is InChI=1S/C14H16O4/c1-17-12-4-2-3-5-13(12)18-14(16)10-6-8-11(15)9-7-10/h2-5,10H,6-9H2,1H3. The number of carbonyl (C=O) groups is 2. The second-order valence-electron chi connectivity index (χ2n) is 4.38. The Morgan fingerprint density at radius 2 is 1.78 bits per heavy atom. The van der Waals surface area contributed by atoms with E-state index in [1.165, 1.54) is 7.11 Å². The van der Waals surface area contributed by atoms with Crippen LogP contribution in [0.4, 0.5) is 0 Å². The molecule has 0 spiro atoms. The van der Waals surface area contributed by atoms with Gasteiger partial charge >= 0.3 is 5.97 Å². The number of ketones is 1. The van der Waals surface area contributed by atoms with Crippen molar-refractivity contribution in [2.45, 2.75) is 25.7 Å². The molecule has 1 aromatic rings. The molecule has 2 rings (SSSR count). The first-order chi connectivity index (χ1) is 8.70. The predicted octanol–water partition coefficient (Wildman–Crippen LogP) is 2.36. The third-order valence-electron chi connectivity index (χ3n) is 3.16. The van der Waals surface area contributed by atoms with Crippen molar-refractivity contribution in [3.8, 4) is 11.5 Å². The molecule has 96 valence electrons. The number of Topliss-reactive ketones (excluding diaryl/α,β-unsaturated/α-hetero) is 1. The van der Waals surface area contributed by atoms with Crippen LogP contribution in [0.25, 0.3) is 0 Å². The summed E-state index contributed by atoms with van der Waals surface area (Å²) in [5.74, 6) is 0.760. The second kappa shape index (κ2) is 5.67. The van der Waals surface area contributed by atoms with Gasteiger partial charge in [0.2, 0.25) is 0 Å². The van der Waals surface area contributed by atoms with Gasteiger partial charge in [0.25, 0.3) is 0 Å². The van der Waals surface area contributed by atoms with Gasteiger partial charge in [-0.25, -0.2) is 0 Å². The molecule has 1 aliphatic rings. The van der Waals surface area contributed by atoms with E-state index in [4.69, 9.17) is 9.47 Å². The monoisotopic (exact) mass is 248 g/mol. The van der Waals surface area contributed by atoms with Crippen molar-refractivity contribution in [3.05, 3.63) is 24.3 Å². The average molecular weight is 248 g/mol. The van der Waals surface area contributed by atoms with Crippen molar-refractivity contribution < 1.29 is 19.1 Å². The summed E-state index contributed by atoms with van der Waals surface area (Å²) in [4.78, 5) is 23.1. The molecule has 0 radical (unpaired) electrons. The fourth-order valence-corrected chi connectivity index (χ4v) is 2.07. The van der Waals surface area contributed by atoms with Gasteiger partial charge in [0, 0.05) is 12.8 Å². The van der Waals surface area contributed by atoms with Crippen LogP contribution in [0.3, 0.4) is 0 Å². The summed E-state index contributed by atoms with van der Waals surface area (Å²) in [6.45, 7) is 0. The molecule has 0 aromatic heterocycles. The predicted molar refractivity (Wildman–Crippen MR) is 65.6 cm³/mol. The molecular formula is C14H16O4. The van der Waals surface area contributed by atoms with Crippen LogP contribution in [-0.2, 0) is 9.59 Å². The van der Waals surface area contributed by atoms with Crippen LogP contribution < -0.4 is 9.47 Å². The van der Waals surface area contributed by atoms with E-state index in [1.54, 1.807) is 18.2 Å². The molecule has 0 heterocycles. The number of hydrogen-bond donors (Lipinski definition) is 0. The largest absolute Gasteiger partial charge is 0.493 e. The van der Waals surface area contributed by atoms with Crippen molar-refractivity contribution in [1.29, 1.82) is 0 Å². The van der Waals surface area contributed by atoms with Crippen LogP contribution in [0.5, 0.6) is 11.5 Å². The molecule has 0 unspecified atom stereocenters. The number of carbonyl (C=O) groups excluding carboxylic acids is 2. The van der Waals surface area contributed by atoms with E-state index in [0.29, 0.717) is 37.2 Å². The fourth-order valence-electron chi connectivity index (χ4n) is 2.07. The molecule has 0 amide bonds. The molecule has 4 nitrogen and oxygen atoms in total. The Morgan fingerprint density at radius 3 is 2.39 bits per heavy atom. The molecule has 0 saturated heterocycles. The highest BCUT2D eigenvalue weighted by Crippen LogP contribution is 2.29. The zero-order valence-electron chi connectivity index (χ0n) is 10.3. The lowest BCUT2D eigenvalue weighted by atomic mass is 9.88. The highest BCUT2D eigenvalue weighted by atomic mass is 16.6. The van der Waals surface area contributed by atoms with Crippen LogP contribution in [0.2, 0.25) is 0 Å². The minimum absolute atomic E-state index is 0.174. The maximum absolute atomic E-state index is 12.0. The van der Waals surface area contributed by atoms with Gasteiger partial charge in [0.05, 0.1) is 13.0 Å². The van der Waals surface area contributed by atoms with Crippen molar-refractivity contribution in [1.82, 2.24) is 0 Å². The molecule has 1 saturated carbocycles. The topological polar surface area (TPSA) is 52.6 Å². The zero-order chi connectivity index (χ0) is 13.0. The van der Waals surface area contributed by atoms with Gasteiger partial charge in [-0.3, -0.25) is 9.59 Å². The number of rotatable bonds is 3. The lowest BCUT2D eigenvalue weighted by Gasteiger charge is -2.19. The van der Waals surface area contributed by atoms with Crippen LogP contribution in [0.1, 0.15) is 25.7 Å². The first-order valence-corrected chi connectivity index (χ1v) is 6.07. The lowest BCUT2D eigenvalue weighted by Crippen LogP contribution is -2.25. The van der Waals surface area contributed by atoms with Crippen molar-refractivity contribution in [2.75, 3.05) is 7.11 Å². The van der Waals surface area contributed by atoms with Crippen LogP contribution in [-0.4, -0.2) is 18.9 Å². The number of para-hydroxylation sites is 2. The van der Waals surface area contributed by atoms with Crippen molar-refractivity contribution >= 4 is 11.8 Å². The Hall–Kier alpha value is -1.84. The zero-order valence-corrected chi connectivity index (χ0v) is 10.3. The van der Waals surface area contributed by atoms with Crippen molar-refractivity contribution in [2.24, 2.45) is 5.92 Å². The summed E-state index contributed by atoms with van der Waals surface area (Å²) in [5.41, 5.74) is 0. The van der Waals surface area contributed by atoms with E-state index < -0.39 is 0 Å². The maximum Gasteiger partial charge on any atom is 0.314 e. The number of hydrogen-bond acceptors (Lipinski definition) is 4. The molecule has 0 aliphatic heterocycles. The summed E-state index contributed by atoms with van der Waals surface area (Å²) in [7, 11) is 1.53. The van der Waals surface area contributed by atoms with E-state index in [1.807, 2.05) is 6.07 Å². The van der Waals surface area contributed by atoms with Gasteiger partial charge in [0.1, 0.15) is 5.78 Å². The number of benzene rings is 1. The Kier molecular flexibility index (Phi) is 3.97. The van der Waals surface area contributed by atoms with E-state index in [9.17, 15) is 9.59 Å². The van der Waals surface area contributed by atoms with E-state index >= 15 is 0 Å². The number of esters is 1. The number of ether oxygens (including phenoxy) is 2. The Bertz CT molecular complexity index is 443. The number of methoxy groups -OCH3 is 1.